The Hall–Kier alpha value is -2.17. The number of para-hydroxylation sites is 1. The molecule has 0 fully saturated rings. The maximum Gasteiger partial charge on any atom is 0.336 e. The summed E-state index contributed by atoms with van der Waals surface area (Å²) in [6.07, 6.45) is 8.26. The molecule has 0 aliphatic heterocycles. The lowest BCUT2D eigenvalue weighted by molar-refractivity contribution is -0.385. The van der Waals surface area contributed by atoms with Gasteiger partial charge in [-0.2, -0.15) is 0 Å². The van der Waals surface area contributed by atoms with E-state index in [2.05, 4.69) is 6.92 Å². The number of hydrogen-bond acceptors (Lipinski definition) is 4. The monoisotopic (exact) mass is 319 g/mol. The van der Waals surface area contributed by atoms with Crippen LogP contribution in [0, 0.1) is 10.1 Å². The number of esters is 1. The van der Waals surface area contributed by atoms with Crippen LogP contribution in [0.25, 0.3) is 0 Å². The van der Waals surface area contributed by atoms with Gasteiger partial charge in [0.15, 0.2) is 0 Å². The van der Waals surface area contributed by atoms with Gasteiger partial charge in [-0.3, -0.25) is 10.1 Å². The molecule has 1 atom stereocenters. The second-order valence-corrected chi connectivity index (χ2v) is 5.62. The Labute approximate surface area is 137 Å². The molecule has 126 valence electrons. The Morgan fingerprint density at radius 1 is 1.35 bits per heavy atom. The van der Waals surface area contributed by atoms with E-state index in [4.69, 9.17) is 4.74 Å². The zero-order valence-electron chi connectivity index (χ0n) is 14.1. The lowest BCUT2D eigenvalue weighted by Gasteiger charge is -2.15. The molecule has 5 heteroatoms. The van der Waals surface area contributed by atoms with Gasteiger partial charge in [-0.15, -0.1) is 0 Å². The minimum absolute atomic E-state index is 0.0728. The van der Waals surface area contributed by atoms with E-state index in [0.29, 0.717) is 5.56 Å². The fourth-order valence-corrected chi connectivity index (χ4v) is 2.49. The van der Waals surface area contributed by atoms with Gasteiger partial charge < -0.3 is 4.74 Å². The molecule has 0 bridgehead atoms. The van der Waals surface area contributed by atoms with Crippen molar-refractivity contribution in [1.29, 1.82) is 0 Å². The van der Waals surface area contributed by atoms with E-state index in [1.165, 1.54) is 18.6 Å². The third-order valence-electron chi connectivity index (χ3n) is 3.75. The molecule has 0 aliphatic rings. The van der Waals surface area contributed by atoms with E-state index in [-0.39, 0.29) is 17.4 Å². The number of unbranched alkanes of at least 4 members (excludes halogenated alkanes) is 3. The second kappa shape index (κ2) is 9.77. The number of allylic oxidation sites excluding steroid dienone is 1. The van der Waals surface area contributed by atoms with Crippen LogP contribution in [0.1, 0.15) is 64.4 Å². The SMILES string of the molecule is CC=CC(=O)Oc1c(C(C)CCCCCC)cccc1[N+](=O)[O-]. The molecule has 0 heterocycles. The van der Waals surface area contributed by atoms with Crippen molar-refractivity contribution in [3.8, 4) is 5.75 Å². The number of nitro benzene ring substituents is 1. The summed E-state index contributed by atoms with van der Waals surface area (Å²) in [5.74, 6) is -0.426. The first-order valence-corrected chi connectivity index (χ1v) is 8.13. The fraction of sp³-hybridized carbons (Fsp3) is 0.500. The molecule has 0 saturated heterocycles. The Bertz CT molecular complexity index is 566. The lowest BCUT2D eigenvalue weighted by Crippen LogP contribution is -2.09. The Balaban J connectivity index is 3.02. The summed E-state index contributed by atoms with van der Waals surface area (Å²) in [4.78, 5) is 22.5. The lowest BCUT2D eigenvalue weighted by atomic mass is 9.93. The number of hydrogen-bond donors (Lipinski definition) is 0. The number of nitro groups is 1. The van der Waals surface area contributed by atoms with Crippen LogP contribution in [0.3, 0.4) is 0 Å². The van der Waals surface area contributed by atoms with Crippen molar-refractivity contribution in [2.75, 3.05) is 0 Å². The zero-order chi connectivity index (χ0) is 17.2. The molecule has 1 aromatic carbocycles. The Morgan fingerprint density at radius 3 is 2.70 bits per heavy atom. The highest BCUT2D eigenvalue weighted by Gasteiger charge is 2.23. The number of ether oxygens (including phenoxy) is 1. The molecule has 23 heavy (non-hydrogen) atoms. The van der Waals surface area contributed by atoms with E-state index in [9.17, 15) is 14.9 Å². The molecule has 0 aromatic heterocycles. The molecule has 0 radical (unpaired) electrons. The van der Waals surface area contributed by atoms with Gasteiger partial charge in [0.2, 0.25) is 5.75 Å². The van der Waals surface area contributed by atoms with Crippen molar-refractivity contribution in [3.05, 3.63) is 46.0 Å². The predicted octanol–water partition coefficient (Wildman–Crippen LogP) is 5.15. The summed E-state index contributed by atoms with van der Waals surface area (Å²) in [7, 11) is 0. The van der Waals surface area contributed by atoms with Gasteiger partial charge in [-0.05, 0) is 19.3 Å². The van der Waals surface area contributed by atoms with E-state index < -0.39 is 10.9 Å². The van der Waals surface area contributed by atoms with E-state index >= 15 is 0 Å². The van der Waals surface area contributed by atoms with Gasteiger partial charge in [0, 0.05) is 17.7 Å². The van der Waals surface area contributed by atoms with E-state index in [1.54, 1.807) is 25.1 Å². The van der Waals surface area contributed by atoms with Gasteiger partial charge >= 0.3 is 11.7 Å². The van der Waals surface area contributed by atoms with E-state index in [1.807, 2.05) is 6.92 Å². The smallest absolute Gasteiger partial charge is 0.336 e. The molecule has 0 aliphatic carbocycles. The average molecular weight is 319 g/mol. The summed E-state index contributed by atoms with van der Waals surface area (Å²) >= 11 is 0. The summed E-state index contributed by atoms with van der Waals surface area (Å²) in [6.45, 7) is 5.86. The third-order valence-corrected chi connectivity index (χ3v) is 3.75. The van der Waals surface area contributed by atoms with Crippen molar-refractivity contribution >= 4 is 11.7 Å². The van der Waals surface area contributed by atoms with Gasteiger partial charge in [0.05, 0.1) is 4.92 Å². The first-order valence-electron chi connectivity index (χ1n) is 8.13. The quantitative estimate of drug-likeness (QED) is 0.158. The predicted molar refractivity (Wildman–Crippen MR) is 90.7 cm³/mol. The van der Waals surface area contributed by atoms with Crippen molar-refractivity contribution in [2.24, 2.45) is 0 Å². The summed E-state index contributed by atoms with van der Waals surface area (Å²) in [5, 5.41) is 11.2. The number of benzene rings is 1. The molecule has 5 nitrogen and oxygen atoms in total. The van der Waals surface area contributed by atoms with Crippen molar-refractivity contribution in [3.63, 3.8) is 0 Å². The summed E-state index contributed by atoms with van der Waals surface area (Å²) < 4.78 is 5.26. The van der Waals surface area contributed by atoms with Crippen LogP contribution in [-0.2, 0) is 4.79 Å². The minimum atomic E-state index is -0.596. The topological polar surface area (TPSA) is 69.4 Å². The van der Waals surface area contributed by atoms with Crippen molar-refractivity contribution in [2.45, 2.75) is 58.8 Å². The second-order valence-electron chi connectivity index (χ2n) is 5.62. The number of nitrogens with zero attached hydrogens (tertiary/aromatic N) is 1. The fourth-order valence-electron chi connectivity index (χ4n) is 2.49. The van der Waals surface area contributed by atoms with Crippen molar-refractivity contribution in [1.82, 2.24) is 0 Å². The highest BCUT2D eigenvalue weighted by molar-refractivity contribution is 5.85. The first kappa shape index (κ1) is 18.9. The zero-order valence-corrected chi connectivity index (χ0v) is 14.1. The van der Waals surface area contributed by atoms with Crippen LogP contribution in [-0.4, -0.2) is 10.9 Å². The molecule has 1 rings (SSSR count). The highest BCUT2D eigenvalue weighted by atomic mass is 16.6. The summed E-state index contributed by atoms with van der Waals surface area (Å²) in [6, 6.07) is 4.81. The van der Waals surface area contributed by atoms with Gasteiger partial charge in [-0.1, -0.05) is 57.7 Å². The van der Waals surface area contributed by atoms with Crippen LogP contribution in [0.2, 0.25) is 0 Å². The van der Waals surface area contributed by atoms with E-state index in [0.717, 1.165) is 25.7 Å². The molecule has 0 amide bonds. The minimum Gasteiger partial charge on any atom is -0.416 e. The standard InChI is InChI=1S/C18H25NO4/c1-4-6-7-8-11-14(3)15-12-9-13-16(19(21)22)18(15)23-17(20)10-5-2/h5,9-10,12-14H,4,6-8,11H2,1-3H3. The van der Waals surface area contributed by atoms with Gasteiger partial charge in [0.1, 0.15) is 0 Å². The summed E-state index contributed by atoms with van der Waals surface area (Å²) in [5.41, 5.74) is 0.550. The normalized spacial score (nSPS) is 12.3. The number of carbonyl (C=O) groups excluding carboxylic acids is 1. The highest BCUT2D eigenvalue weighted by Crippen LogP contribution is 2.37. The number of carbonyl (C=O) groups is 1. The van der Waals surface area contributed by atoms with Gasteiger partial charge in [-0.25, -0.2) is 4.79 Å². The average Bonchev–Trinajstić information content (AvgIpc) is 2.51. The largest absolute Gasteiger partial charge is 0.416 e. The Morgan fingerprint density at radius 2 is 2.09 bits per heavy atom. The Kier molecular flexibility index (Phi) is 8.02. The molecule has 0 N–H and O–H groups in total. The van der Waals surface area contributed by atoms with Crippen LogP contribution in [0.4, 0.5) is 5.69 Å². The van der Waals surface area contributed by atoms with Gasteiger partial charge in [0.25, 0.3) is 0 Å². The third kappa shape index (κ3) is 5.85. The van der Waals surface area contributed by atoms with Crippen LogP contribution in [0.5, 0.6) is 5.75 Å². The molecule has 1 aromatic rings. The maximum absolute atomic E-state index is 11.7. The molecule has 1 unspecified atom stereocenters. The molecule has 0 saturated carbocycles. The first-order chi connectivity index (χ1) is 11.0. The van der Waals surface area contributed by atoms with Crippen molar-refractivity contribution < 1.29 is 14.5 Å². The maximum atomic E-state index is 11.7. The molecule has 0 spiro atoms. The van der Waals surface area contributed by atoms with Crippen LogP contribution >= 0.6 is 0 Å². The van der Waals surface area contributed by atoms with Crippen LogP contribution in [0.15, 0.2) is 30.4 Å². The number of rotatable bonds is 9. The molecular weight excluding hydrogens is 294 g/mol. The van der Waals surface area contributed by atoms with Crippen LogP contribution < -0.4 is 4.74 Å². The molecular formula is C18H25NO4.